The minimum Gasteiger partial charge on any atom is -0.371 e. The second-order valence-corrected chi connectivity index (χ2v) is 7.16. The van der Waals surface area contributed by atoms with Crippen LogP contribution in [0.25, 0.3) is 11.4 Å². The molecule has 0 saturated carbocycles. The Bertz CT molecular complexity index is 915. The van der Waals surface area contributed by atoms with Gasteiger partial charge in [0.15, 0.2) is 5.82 Å². The summed E-state index contributed by atoms with van der Waals surface area (Å²) in [7, 11) is 1.85. The van der Waals surface area contributed by atoms with Gasteiger partial charge in [-0.05, 0) is 36.6 Å². The minimum atomic E-state index is -0.0455. The minimum absolute atomic E-state index is 0.0455. The van der Waals surface area contributed by atoms with E-state index in [0.717, 1.165) is 31.6 Å². The summed E-state index contributed by atoms with van der Waals surface area (Å²) in [6.45, 7) is 2.73. The van der Waals surface area contributed by atoms with E-state index < -0.39 is 0 Å². The van der Waals surface area contributed by atoms with Crippen molar-refractivity contribution in [3.8, 4) is 11.4 Å². The molecule has 0 aliphatic carbocycles. The molecule has 0 spiro atoms. The number of hydrogen-bond donors (Lipinski definition) is 0. The molecule has 1 amide bonds. The lowest BCUT2D eigenvalue weighted by Crippen LogP contribution is -2.33. The lowest BCUT2D eigenvalue weighted by atomic mass is 10.1. The summed E-state index contributed by atoms with van der Waals surface area (Å²) >= 11 is 0. The van der Waals surface area contributed by atoms with Gasteiger partial charge in [-0.15, -0.1) is 0 Å². The van der Waals surface area contributed by atoms with Crippen LogP contribution in [0.5, 0.6) is 0 Å². The molecule has 142 valence electrons. The van der Waals surface area contributed by atoms with Crippen LogP contribution in [0.1, 0.15) is 16.8 Å². The summed E-state index contributed by atoms with van der Waals surface area (Å²) < 4.78 is 0. The summed E-state index contributed by atoms with van der Waals surface area (Å²) in [5.41, 5.74) is 2.59. The summed E-state index contributed by atoms with van der Waals surface area (Å²) in [4.78, 5) is 29.6. The number of aromatic nitrogens is 3. The monoisotopic (exact) mass is 373 g/mol. The third kappa shape index (κ3) is 4.01. The lowest BCUT2D eigenvalue weighted by molar-refractivity contribution is 0.0775. The maximum atomic E-state index is 12.8. The van der Waals surface area contributed by atoms with Crippen LogP contribution in [-0.2, 0) is 0 Å². The first-order chi connectivity index (χ1) is 13.7. The standard InChI is InChI=1S/C22H23N5O/c1-26(15-17-9-11-27(16-17)20-7-3-2-4-8-20)22(28)19-13-24-21(25-14-19)18-6-5-10-23-12-18/h2-8,10,12-14,17H,9,11,15-16H2,1H3/t17-/m1/s1. The second kappa shape index (κ2) is 8.17. The highest BCUT2D eigenvalue weighted by Gasteiger charge is 2.25. The molecule has 0 radical (unpaired) electrons. The van der Waals surface area contributed by atoms with E-state index in [0.29, 0.717) is 17.3 Å². The molecule has 0 N–H and O–H groups in total. The first-order valence-electron chi connectivity index (χ1n) is 9.48. The van der Waals surface area contributed by atoms with E-state index in [9.17, 15) is 4.79 Å². The van der Waals surface area contributed by atoms with E-state index in [-0.39, 0.29) is 5.91 Å². The van der Waals surface area contributed by atoms with Gasteiger partial charge in [0.25, 0.3) is 5.91 Å². The predicted octanol–water partition coefficient (Wildman–Crippen LogP) is 3.14. The molecule has 1 saturated heterocycles. The molecule has 1 fully saturated rings. The molecule has 1 aliphatic heterocycles. The van der Waals surface area contributed by atoms with E-state index in [1.165, 1.54) is 5.69 Å². The number of para-hydroxylation sites is 1. The van der Waals surface area contributed by atoms with Crippen LogP contribution >= 0.6 is 0 Å². The van der Waals surface area contributed by atoms with E-state index in [4.69, 9.17) is 0 Å². The van der Waals surface area contributed by atoms with Crippen molar-refractivity contribution in [1.82, 2.24) is 19.9 Å². The highest BCUT2D eigenvalue weighted by molar-refractivity contribution is 5.93. The Morgan fingerprint density at radius 2 is 1.89 bits per heavy atom. The van der Waals surface area contributed by atoms with E-state index in [1.54, 1.807) is 29.7 Å². The van der Waals surface area contributed by atoms with Crippen molar-refractivity contribution in [3.05, 3.63) is 72.8 Å². The lowest BCUT2D eigenvalue weighted by Gasteiger charge is -2.22. The molecule has 6 nitrogen and oxygen atoms in total. The average molecular weight is 373 g/mol. The molecule has 0 bridgehead atoms. The number of carbonyl (C=O) groups is 1. The number of pyridine rings is 1. The SMILES string of the molecule is CN(C[C@H]1CCN(c2ccccc2)C1)C(=O)c1cnc(-c2cccnc2)nc1. The molecule has 2 aromatic heterocycles. The summed E-state index contributed by atoms with van der Waals surface area (Å²) in [6.07, 6.45) is 7.70. The number of amides is 1. The molecule has 28 heavy (non-hydrogen) atoms. The molecule has 1 atom stereocenters. The molecule has 1 aliphatic rings. The van der Waals surface area contributed by atoms with Crippen LogP contribution in [0.4, 0.5) is 5.69 Å². The van der Waals surface area contributed by atoms with Crippen molar-refractivity contribution in [2.24, 2.45) is 5.92 Å². The smallest absolute Gasteiger partial charge is 0.256 e. The van der Waals surface area contributed by atoms with Crippen molar-refractivity contribution in [3.63, 3.8) is 0 Å². The van der Waals surface area contributed by atoms with Crippen molar-refractivity contribution < 1.29 is 4.79 Å². The summed E-state index contributed by atoms with van der Waals surface area (Å²) in [6, 6.07) is 14.2. The number of benzene rings is 1. The normalized spacial score (nSPS) is 16.2. The maximum absolute atomic E-state index is 12.8. The third-order valence-corrected chi connectivity index (χ3v) is 5.10. The molecule has 3 heterocycles. The van der Waals surface area contributed by atoms with Crippen LogP contribution in [-0.4, -0.2) is 52.4 Å². The Hall–Kier alpha value is -3.28. The zero-order valence-electron chi connectivity index (χ0n) is 15.9. The van der Waals surface area contributed by atoms with Gasteiger partial charge < -0.3 is 9.80 Å². The van der Waals surface area contributed by atoms with Crippen LogP contribution < -0.4 is 4.90 Å². The quantitative estimate of drug-likeness (QED) is 0.688. The molecule has 3 aromatic rings. The van der Waals surface area contributed by atoms with Crippen molar-refractivity contribution in [1.29, 1.82) is 0 Å². The van der Waals surface area contributed by atoms with Crippen molar-refractivity contribution in [2.45, 2.75) is 6.42 Å². The largest absolute Gasteiger partial charge is 0.371 e. The number of rotatable bonds is 5. The van der Waals surface area contributed by atoms with Crippen LogP contribution in [0.2, 0.25) is 0 Å². The number of anilines is 1. The van der Waals surface area contributed by atoms with Crippen molar-refractivity contribution in [2.75, 3.05) is 31.6 Å². The van der Waals surface area contributed by atoms with Gasteiger partial charge in [0.1, 0.15) is 0 Å². The average Bonchev–Trinajstić information content (AvgIpc) is 3.23. The van der Waals surface area contributed by atoms with E-state index >= 15 is 0 Å². The summed E-state index contributed by atoms with van der Waals surface area (Å²) in [5.74, 6) is 0.988. The van der Waals surface area contributed by atoms with Gasteiger partial charge in [0.2, 0.25) is 0 Å². The predicted molar refractivity (Wildman–Crippen MR) is 109 cm³/mol. The number of carbonyl (C=O) groups excluding carboxylic acids is 1. The van der Waals surface area contributed by atoms with Gasteiger partial charge in [-0.25, -0.2) is 9.97 Å². The van der Waals surface area contributed by atoms with E-state index in [2.05, 4.69) is 44.1 Å². The molecule has 0 unspecified atom stereocenters. The van der Waals surface area contributed by atoms with Gasteiger partial charge in [-0.2, -0.15) is 0 Å². The van der Waals surface area contributed by atoms with E-state index in [1.807, 2.05) is 25.2 Å². The molecule has 1 aromatic carbocycles. The van der Waals surface area contributed by atoms with Gasteiger partial charge >= 0.3 is 0 Å². The Balaban J connectivity index is 1.36. The Morgan fingerprint density at radius 1 is 1.11 bits per heavy atom. The Labute approximate surface area is 164 Å². The van der Waals surface area contributed by atoms with Gasteiger partial charge in [0, 0.05) is 62.7 Å². The van der Waals surface area contributed by atoms with Crippen LogP contribution in [0.3, 0.4) is 0 Å². The number of nitrogens with zero attached hydrogens (tertiary/aromatic N) is 5. The Kier molecular flexibility index (Phi) is 5.28. The van der Waals surface area contributed by atoms with Gasteiger partial charge in [0.05, 0.1) is 5.56 Å². The van der Waals surface area contributed by atoms with Crippen LogP contribution in [0, 0.1) is 5.92 Å². The highest BCUT2D eigenvalue weighted by Crippen LogP contribution is 2.24. The summed E-state index contributed by atoms with van der Waals surface area (Å²) in [5, 5.41) is 0. The fraction of sp³-hybridized carbons (Fsp3) is 0.273. The molecular formula is C22H23N5O. The third-order valence-electron chi connectivity index (χ3n) is 5.10. The van der Waals surface area contributed by atoms with Crippen LogP contribution in [0.15, 0.2) is 67.3 Å². The molecule has 4 rings (SSSR count). The second-order valence-electron chi connectivity index (χ2n) is 7.16. The Morgan fingerprint density at radius 3 is 2.61 bits per heavy atom. The maximum Gasteiger partial charge on any atom is 0.256 e. The fourth-order valence-corrected chi connectivity index (χ4v) is 3.63. The number of hydrogen-bond acceptors (Lipinski definition) is 5. The zero-order valence-corrected chi connectivity index (χ0v) is 15.9. The molecule has 6 heteroatoms. The fourth-order valence-electron chi connectivity index (χ4n) is 3.63. The van der Waals surface area contributed by atoms with Gasteiger partial charge in [-0.3, -0.25) is 9.78 Å². The zero-order chi connectivity index (χ0) is 19.3. The topological polar surface area (TPSA) is 62.2 Å². The van der Waals surface area contributed by atoms with Crippen molar-refractivity contribution >= 4 is 11.6 Å². The highest BCUT2D eigenvalue weighted by atomic mass is 16.2. The first kappa shape index (κ1) is 18.1. The molecular weight excluding hydrogens is 350 g/mol. The first-order valence-corrected chi connectivity index (χ1v) is 9.48. The van der Waals surface area contributed by atoms with Gasteiger partial charge in [-0.1, -0.05) is 18.2 Å².